The minimum atomic E-state index is -0.736. The van der Waals surface area contributed by atoms with Crippen molar-refractivity contribution in [1.82, 2.24) is 10.2 Å². The maximum atomic E-state index is 13.8. The van der Waals surface area contributed by atoms with Crippen LogP contribution in [0.25, 0.3) is 0 Å². The van der Waals surface area contributed by atoms with Gasteiger partial charge in [-0.15, -0.1) is 0 Å². The average Bonchev–Trinajstić information content (AvgIpc) is 2.70. The van der Waals surface area contributed by atoms with E-state index in [0.29, 0.717) is 5.82 Å². The van der Waals surface area contributed by atoms with Crippen molar-refractivity contribution in [3.63, 3.8) is 0 Å². The topological polar surface area (TPSA) is 74.8 Å². The summed E-state index contributed by atoms with van der Waals surface area (Å²) in [6.45, 7) is 4.95. The van der Waals surface area contributed by atoms with E-state index in [2.05, 4.69) is 15.5 Å². The Kier molecular flexibility index (Phi) is 3.65. The first-order valence-corrected chi connectivity index (χ1v) is 6.03. The van der Waals surface area contributed by atoms with Gasteiger partial charge in [0.25, 0.3) is 5.91 Å². The second-order valence-corrected chi connectivity index (χ2v) is 4.53. The van der Waals surface area contributed by atoms with Crippen molar-refractivity contribution in [2.24, 2.45) is 0 Å². The van der Waals surface area contributed by atoms with E-state index >= 15 is 0 Å². The summed E-state index contributed by atoms with van der Waals surface area (Å²) in [5.74, 6) is -1.23. The quantitative estimate of drug-likeness (QED) is 0.845. The van der Waals surface area contributed by atoms with Crippen LogP contribution in [0.2, 0.25) is 0 Å². The van der Waals surface area contributed by atoms with Gasteiger partial charge in [0.05, 0.1) is 5.56 Å². The number of benzene rings is 1. The molecule has 20 heavy (non-hydrogen) atoms. The SMILES string of the molecule is CC(=O)c1ccc(C(=O)Nc2n[nH]c(C)c2C)c(F)c1. The Bertz CT molecular complexity index is 692. The number of nitrogens with one attached hydrogen (secondary N) is 2. The van der Waals surface area contributed by atoms with Gasteiger partial charge in [0.2, 0.25) is 0 Å². The molecule has 1 heterocycles. The molecular weight excluding hydrogens is 261 g/mol. The number of ketones is 1. The monoisotopic (exact) mass is 275 g/mol. The molecule has 0 unspecified atom stereocenters. The van der Waals surface area contributed by atoms with Gasteiger partial charge in [-0.2, -0.15) is 5.10 Å². The summed E-state index contributed by atoms with van der Waals surface area (Å²) >= 11 is 0. The lowest BCUT2D eigenvalue weighted by Gasteiger charge is -2.05. The first kappa shape index (κ1) is 13.9. The Labute approximate surface area is 115 Å². The van der Waals surface area contributed by atoms with Gasteiger partial charge in [0.15, 0.2) is 11.6 Å². The molecule has 1 aromatic heterocycles. The van der Waals surface area contributed by atoms with Crippen LogP contribution in [0, 0.1) is 19.7 Å². The van der Waals surface area contributed by atoms with E-state index in [1.54, 1.807) is 6.92 Å². The molecule has 0 aliphatic carbocycles. The van der Waals surface area contributed by atoms with E-state index in [1.807, 2.05) is 6.92 Å². The van der Waals surface area contributed by atoms with E-state index < -0.39 is 11.7 Å². The van der Waals surface area contributed by atoms with E-state index in [9.17, 15) is 14.0 Å². The number of H-pyrrole nitrogens is 1. The van der Waals surface area contributed by atoms with Crippen molar-refractivity contribution in [3.05, 3.63) is 46.4 Å². The molecule has 5 nitrogen and oxygen atoms in total. The molecule has 0 aliphatic rings. The summed E-state index contributed by atoms with van der Waals surface area (Å²) in [7, 11) is 0. The van der Waals surface area contributed by atoms with Crippen molar-refractivity contribution < 1.29 is 14.0 Å². The van der Waals surface area contributed by atoms with Crippen molar-refractivity contribution in [3.8, 4) is 0 Å². The molecule has 0 spiro atoms. The van der Waals surface area contributed by atoms with Crippen LogP contribution < -0.4 is 5.32 Å². The summed E-state index contributed by atoms with van der Waals surface area (Å²) in [6.07, 6.45) is 0. The van der Waals surface area contributed by atoms with Gasteiger partial charge in [0, 0.05) is 16.8 Å². The van der Waals surface area contributed by atoms with Gasteiger partial charge in [-0.1, -0.05) is 6.07 Å². The molecular formula is C14H14FN3O2. The van der Waals surface area contributed by atoms with Gasteiger partial charge < -0.3 is 5.32 Å². The molecule has 0 fully saturated rings. The third kappa shape index (κ3) is 2.59. The highest BCUT2D eigenvalue weighted by molar-refractivity contribution is 6.05. The van der Waals surface area contributed by atoms with E-state index in [4.69, 9.17) is 0 Å². The smallest absolute Gasteiger partial charge is 0.259 e. The Morgan fingerprint density at radius 2 is 2.00 bits per heavy atom. The van der Waals surface area contributed by atoms with E-state index in [0.717, 1.165) is 17.3 Å². The summed E-state index contributed by atoms with van der Waals surface area (Å²) in [5.41, 5.74) is 1.72. The number of Topliss-reactive ketones (excluding diaryl/α,β-unsaturated/α-hetero) is 1. The third-order valence-electron chi connectivity index (χ3n) is 3.11. The van der Waals surface area contributed by atoms with Crippen molar-refractivity contribution in [1.29, 1.82) is 0 Å². The fourth-order valence-corrected chi connectivity index (χ4v) is 1.70. The standard InChI is InChI=1S/C14H14FN3O2/c1-7-8(2)17-18-13(7)16-14(20)11-5-4-10(9(3)19)6-12(11)15/h4-6H,1-3H3,(H2,16,17,18,20). The number of rotatable bonds is 3. The molecule has 6 heteroatoms. The maximum absolute atomic E-state index is 13.8. The molecule has 0 saturated carbocycles. The second kappa shape index (κ2) is 5.24. The normalized spacial score (nSPS) is 10.4. The fraction of sp³-hybridized carbons (Fsp3) is 0.214. The average molecular weight is 275 g/mol. The Balaban J connectivity index is 2.26. The molecule has 2 N–H and O–H groups in total. The lowest BCUT2D eigenvalue weighted by atomic mass is 10.1. The third-order valence-corrected chi connectivity index (χ3v) is 3.11. The summed E-state index contributed by atoms with van der Waals surface area (Å²) in [4.78, 5) is 23.1. The number of aromatic nitrogens is 2. The van der Waals surface area contributed by atoms with Gasteiger partial charge >= 0.3 is 0 Å². The molecule has 0 radical (unpaired) electrons. The van der Waals surface area contributed by atoms with Crippen LogP contribution in [-0.2, 0) is 0 Å². The van der Waals surface area contributed by atoms with Gasteiger partial charge in [0.1, 0.15) is 5.82 Å². The molecule has 1 amide bonds. The molecule has 2 aromatic rings. The number of carbonyl (C=O) groups excluding carboxylic acids is 2. The molecule has 0 saturated heterocycles. The number of halogens is 1. The second-order valence-electron chi connectivity index (χ2n) is 4.53. The molecule has 0 atom stereocenters. The summed E-state index contributed by atoms with van der Waals surface area (Å²) < 4.78 is 13.8. The minimum Gasteiger partial charge on any atom is -0.305 e. The van der Waals surface area contributed by atoms with Gasteiger partial charge in [-0.05, 0) is 32.9 Å². The first-order valence-electron chi connectivity index (χ1n) is 6.03. The van der Waals surface area contributed by atoms with Crippen LogP contribution >= 0.6 is 0 Å². The van der Waals surface area contributed by atoms with Crippen LogP contribution in [0.4, 0.5) is 10.2 Å². The van der Waals surface area contributed by atoms with Crippen LogP contribution in [0.15, 0.2) is 18.2 Å². The summed E-state index contributed by atoms with van der Waals surface area (Å²) in [5, 5.41) is 9.18. The van der Waals surface area contributed by atoms with Crippen molar-refractivity contribution in [2.75, 3.05) is 5.32 Å². The molecule has 104 valence electrons. The highest BCUT2D eigenvalue weighted by atomic mass is 19.1. The predicted octanol–water partition coefficient (Wildman–Crippen LogP) is 2.62. The molecule has 0 bridgehead atoms. The number of hydrogen-bond donors (Lipinski definition) is 2. The van der Waals surface area contributed by atoms with Crippen molar-refractivity contribution >= 4 is 17.5 Å². The zero-order valence-electron chi connectivity index (χ0n) is 11.4. The Hall–Kier alpha value is -2.50. The number of aryl methyl sites for hydroxylation is 1. The number of nitrogens with zero attached hydrogens (tertiary/aromatic N) is 1. The minimum absolute atomic E-state index is 0.130. The number of hydrogen-bond acceptors (Lipinski definition) is 3. The lowest BCUT2D eigenvalue weighted by molar-refractivity contribution is 0.100. The highest BCUT2D eigenvalue weighted by Crippen LogP contribution is 2.17. The lowest BCUT2D eigenvalue weighted by Crippen LogP contribution is -2.15. The first-order chi connectivity index (χ1) is 9.40. The van der Waals surface area contributed by atoms with Gasteiger partial charge in [-0.3, -0.25) is 14.7 Å². The fourth-order valence-electron chi connectivity index (χ4n) is 1.70. The number of aromatic amines is 1. The predicted molar refractivity (Wildman–Crippen MR) is 72.4 cm³/mol. The number of amides is 1. The molecule has 2 rings (SSSR count). The Morgan fingerprint density at radius 3 is 2.50 bits per heavy atom. The summed E-state index contributed by atoms with van der Waals surface area (Å²) in [6, 6.07) is 3.76. The zero-order chi connectivity index (χ0) is 14.9. The van der Waals surface area contributed by atoms with E-state index in [-0.39, 0.29) is 16.9 Å². The molecule has 1 aromatic carbocycles. The van der Waals surface area contributed by atoms with Crippen LogP contribution in [-0.4, -0.2) is 21.9 Å². The van der Waals surface area contributed by atoms with Gasteiger partial charge in [-0.25, -0.2) is 4.39 Å². The number of anilines is 1. The number of carbonyl (C=O) groups is 2. The van der Waals surface area contributed by atoms with Crippen LogP contribution in [0.1, 0.15) is 38.9 Å². The zero-order valence-corrected chi connectivity index (χ0v) is 11.4. The van der Waals surface area contributed by atoms with Crippen LogP contribution in [0.3, 0.4) is 0 Å². The van der Waals surface area contributed by atoms with Crippen molar-refractivity contribution in [2.45, 2.75) is 20.8 Å². The van der Waals surface area contributed by atoms with E-state index in [1.165, 1.54) is 19.1 Å². The largest absolute Gasteiger partial charge is 0.305 e. The highest BCUT2D eigenvalue weighted by Gasteiger charge is 2.16. The van der Waals surface area contributed by atoms with Crippen LogP contribution in [0.5, 0.6) is 0 Å². The Morgan fingerprint density at radius 1 is 1.30 bits per heavy atom. The maximum Gasteiger partial charge on any atom is 0.259 e. The molecule has 0 aliphatic heterocycles.